The van der Waals surface area contributed by atoms with Crippen LogP contribution in [0.3, 0.4) is 0 Å². The lowest BCUT2D eigenvalue weighted by atomic mass is 10.0. The van der Waals surface area contributed by atoms with E-state index in [1.165, 1.54) is 0 Å². The molecule has 3 heteroatoms. The van der Waals surface area contributed by atoms with Gasteiger partial charge in [0.15, 0.2) is 0 Å². The monoisotopic (exact) mass is 166 g/mol. The maximum Gasteiger partial charge on any atom is 0.0704 e. The fourth-order valence-electron chi connectivity index (χ4n) is 1.04. The van der Waals surface area contributed by atoms with Gasteiger partial charge in [-0.25, -0.2) is 0 Å². The van der Waals surface area contributed by atoms with Crippen molar-refractivity contribution in [1.82, 2.24) is 0 Å². The summed E-state index contributed by atoms with van der Waals surface area (Å²) in [6.45, 7) is 1.66. The average Bonchev–Trinajstić information content (AvgIpc) is 2.03. The summed E-state index contributed by atoms with van der Waals surface area (Å²) in [5.41, 5.74) is 12.8. The Kier molecular flexibility index (Phi) is 2.68. The number of rotatable bonds is 2. The maximum absolute atomic E-state index is 9.20. The van der Waals surface area contributed by atoms with Gasteiger partial charge in [-0.15, -0.1) is 0 Å². The third-order valence-electron chi connectivity index (χ3n) is 1.82. The molecule has 0 aliphatic carbocycles. The highest BCUT2D eigenvalue weighted by Crippen LogP contribution is 2.16. The van der Waals surface area contributed by atoms with Crippen LogP contribution in [0.1, 0.15) is 18.5 Å². The van der Waals surface area contributed by atoms with E-state index in [0.29, 0.717) is 5.69 Å². The number of anilines is 1. The molecule has 3 nitrogen and oxygen atoms in total. The molecule has 0 saturated carbocycles. The summed E-state index contributed by atoms with van der Waals surface area (Å²) in [5, 5.41) is 9.20. The highest BCUT2D eigenvalue weighted by molar-refractivity contribution is 5.41. The number of aliphatic hydroxyl groups is 1. The molecule has 0 heterocycles. The summed E-state index contributed by atoms with van der Waals surface area (Å²) in [5.74, 6) is 0. The molecule has 0 aliphatic heterocycles. The van der Waals surface area contributed by atoms with E-state index in [2.05, 4.69) is 0 Å². The van der Waals surface area contributed by atoms with Crippen molar-refractivity contribution in [2.45, 2.75) is 19.1 Å². The van der Waals surface area contributed by atoms with Crippen LogP contribution in [0.25, 0.3) is 0 Å². The van der Waals surface area contributed by atoms with Gasteiger partial charge in [-0.2, -0.15) is 0 Å². The minimum Gasteiger partial charge on any atom is -0.399 e. The van der Waals surface area contributed by atoms with Crippen LogP contribution in [-0.2, 0) is 0 Å². The Hall–Kier alpha value is -1.06. The van der Waals surface area contributed by atoms with Crippen LogP contribution in [0.4, 0.5) is 5.69 Å². The highest BCUT2D eigenvalue weighted by atomic mass is 16.3. The van der Waals surface area contributed by atoms with Crippen molar-refractivity contribution in [2.75, 3.05) is 5.73 Å². The number of benzene rings is 1. The van der Waals surface area contributed by atoms with E-state index in [4.69, 9.17) is 11.5 Å². The van der Waals surface area contributed by atoms with Gasteiger partial charge in [0.25, 0.3) is 0 Å². The van der Waals surface area contributed by atoms with E-state index in [1.807, 2.05) is 12.1 Å². The zero-order chi connectivity index (χ0) is 9.14. The largest absolute Gasteiger partial charge is 0.399 e. The van der Waals surface area contributed by atoms with Crippen LogP contribution in [0.5, 0.6) is 0 Å². The zero-order valence-corrected chi connectivity index (χ0v) is 7.07. The first-order valence-electron chi connectivity index (χ1n) is 3.90. The van der Waals surface area contributed by atoms with Crippen LogP contribution in [0.15, 0.2) is 24.3 Å². The minimum absolute atomic E-state index is 0.353. The second kappa shape index (κ2) is 3.56. The molecule has 0 saturated heterocycles. The lowest BCUT2D eigenvalue weighted by Gasteiger charge is -2.14. The van der Waals surface area contributed by atoms with Crippen molar-refractivity contribution >= 4 is 5.69 Å². The topological polar surface area (TPSA) is 72.3 Å². The van der Waals surface area contributed by atoms with Crippen LogP contribution < -0.4 is 11.5 Å². The van der Waals surface area contributed by atoms with Gasteiger partial charge in [0, 0.05) is 5.69 Å². The van der Waals surface area contributed by atoms with Crippen LogP contribution in [0, 0.1) is 0 Å². The first-order chi connectivity index (χ1) is 5.61. The molecule has 0 fully saturated rings. The molecule has 1 rings (SSSR count). The summed E-state index contributed by atoms with van der Waals surface area (Å²) in [6, 6.07) is 6.89. The van der Waals surface area contributed by atoms with Gasteiger partial charge in [-0.1, -0.05) is 12.1 Å². The molecular weight excluding hydrogens is 152 g/mol. The third kappa shape index (κ3) is 1.96. The molecule has 12 heavy (non-hydrogen) atoms. The molecule has 0 bridgehead atoms. The van der Waals surface area contributed by atoms with Crippen LogP contribution in [0.2, 0.25) is 0 Å². The summed E-state index contributed by atoms with van der Waals surface area (Å²) in [4.78, 5) is 0. The van der Waals surface area contributed by atoms with Crippen molar-refractivity contribution in [3.05, 3.63) is 29.8 Å². The van der Waals surface area contributed by atoms with E-state index in [1.54, 1.807) is 19.1 Å². The van der Waals surface area contributed by atoms with E-state index in [9.17, 15) is 5.11 Å². The van der Waals surface area contributed by atoms with Gasteiger partial charge < -0.3 is 16.6 Å². The SMILES string of the molecule is C[C@H](O)[C@H](N)c1cccc(N)c1. The lowest BCUT2D eigenvalue weighted by molar-refractivity contribution is 0.164. The number of aliphatic hydroxyl groups excluding tert-OH is 1. The lowest BCUT2D eigenvalue weighted by Crippen LogP contribution is -2.23. The molecule has 0 aliphatic rings. The molecule has 0 spiro atoms. The standard InChI is InChI=1S/C9H14N2O/c1-6(12)9(11)7-3-2-4-8(10)5-7/h2-6,9,12H,10-11H2,1H3/t6-,9-/m0/s1. The Bertz CT molecular complexity index is 260. The minimum atomic E-state index is -0.549. The molecule has 1 aromatic carbocycles. The Morgan fingerprint density at radius 1 is 1.42 bits per heavy atom. The average molecular weight is 166 g/mol. The van der Waals surface area contributed by atoms with Gasteiger partial charge >= 0.3 is 0 Å². The molecule has 1 aromatic rings. The van der Waals surface area contributed by atoms with Crippen molar-refractivity contribution < 1.29 is 5.11 Å². The predicted octanol–water partition coefficient (Wildman–Crippen LogP) is 0.649. The number of hydrogen-bond acceptors (Lipinski definition) is 3. The summed E-state index contributed by atoms with van der Waals surface area (Å²) in [7, 11) is 0. The Balaban J connectivity index is 2.88. The van der Waals surface area contributed by atoms with Gasteiger partial charge in [0.1, 0.15) is 0 Å². The first-order valence-corrected chi connectivity index (χ1v) is 3.90. The van der Waals surface area contributed by atoms with Gasteiger partial charge in [-0.3, -0.25) is 0 Å². The van der Waals surface area contributed by atoms with Gasteiger partial charge in [0.2, 0.25) is 0 Å². The Labute approximate surface area is 72.0 Å². The van der Waals surface area contributed by atoms with Crippen LogP contribution in [-0.4, -0.2) is 11.2 Å². The summed E-state index contributed by atoms with van der Waals surface area (Å²) >= 11 is 0. The molecule has 66 valence electrons. The molecule has 2 atom stereocenters. The Morgan fingerprint density at radius 2 is 2.08 bits per heavy atom. The van der Waals surface area contributed by atoms with E-state index in [0.717, 1.165) is 5.56 Å². The molecule has 0 aromatic heterocycles. The first kappa shape index (κ1) is 9.03. The number of hydrogen-bond donors (Lipinski definition) is 3. The van der Waals surface area contributed by atoms with E-state index >= 15 is 0 Å². The smallest absolute Gasteiger partial charge is 0.0704 e. The molecule has 0 radical (unpaired) electrons. The van der Waals surface area contributed by atoms with E-state index < -0.39 is 6.10 Å². The second-order valence-electron chi connectivity index (χ2n) is 2.94. The maximum atomic E-state index is 9.20. The fraction of sp³-hybridized carbons (Fsp3) is 0.333. The zero-order valence-electron chi connectivity index (χ0n) is 7.07. The highest BCUT2D eigenvalue weighted by Gasteiger charge is 2.11. The Morgan fingerprint density at radius 3 is 2.58 bits per heavy atom. The van der Waals surface area contributed by atoms with Gasteiger partial charge in [-0.05, 0) is 24.6 Å². The molecule has 0 unspecified atom stereocenters. The summed E-state index contributed by atoms with van der Waals surface area (Å²) < 4.78 is 0. The number of nitrogens with two attached hydrogens (primary N) is 2. The van der Waals surface area contributed by atoms with E-state index in [-0.39, 0.29) is 6.04 Å². The number of nitrogen functional groups attached to an aromatic ring is 1. The fourth-order valence-corrected chi connectivity index (χ4v) is 1.04. The second-order valence-corrected chi connectivity index (χ2v) is 2.94. The van der Waals surface area contributed by atoms with Crippen molar-refractivity contribution in [3.8, 4) is 0 Å². The quantitative estimate of drug-likeness (QED) is 0.565. The molecule has 5 N–H and O–H groups in total. The van der Waals surface area contributed by atoms with Gasteiger partial charge in [0.05, 0.1) is 12.1 Å². The molecule has 0 amide bonds. The normalized spacial score (nSPS) is 15.6. The third-order valence-corrected chi connectivity index (χ3v) is 1.82. The van der Waals surface area contributed by atoms with Crippen molar-refractivity contribution in [1.29, 1.82) is 0 Å². The van der Waals surface area contributed by atoms with Crippen LogP contribution >= 0.6 is 0 Å². The van der Waals surface area contributed by atoms with Crippen molar-refractivity contribution in [3.63, 3.8) is 0 Å². The predicted molar refractivity (Wildman–Crippen MR) is 49.5 cm³/mol. The molecular formula is C9H14N2O. The van der Waals surface area contributed by atoms with Crippen molar-refractivity contribution in [2.24, 2.45) is 5.73 Å². The summed E-state index contributed by atoms with van der Waals surface area (Å²) in [6.07, 6.45) is -0.549.